The Morgan fingerprint density at radius 2 is 2.05 bits per heavy atom. The van der Waals surface area contributed by atoms with Gasteiger partial charge in [-0.3, -0.25) is 4.90 Å². The molecule has 1 N–H and O–H groups in total. The molecule has 1 aromatic carbocycles. The molecule has 5 heteroatoms. The molecule has 5 nitrogen and oxygen atoms in total. The first-order chi connectivity index (χ1) is 8.99. The number of hydrogen-bond donors (Lipinski definition) is 1. The van der Waals surface area contributed by atoms with Gasteiger partial charge in [-0.05, 0) is 49.9 Å². The SMILES string of the molecule is Cc1ccc(OC(=O)N2CCCC2C(=O)O)cc1C. The van der Waals surface area contributed by atoms with Crippen LogP contribution in [0.4, 0.5) is 4.79 Å². The molecule has 0 saturated carbocycles. The number of carbonyl (C=O) groups excluding carboxylic acids is 1. The van der Waals surface area contributed by atoms with Gasteiger partial charge < -0.3 is 9.84 Å². The van der Waals surface area contributed by atoms with Gasteiger partial charge >= 0.3 is 12.1 Å². The summed E-state index contributed by atoms with van der Waals surface area (Å²) in [6.07, 6.45) is 0.587. The molecule has 1 amide bonds. The fraction of sp³-hybridized carbons (Fsp3) is 0.429. The Morgan fingerprint density at radius 1 is 1.32 bits per heavy atom. The molecule has 1 atom stereocenters. The zero-order valence-electron chi connectivity index (χ0n) is 11.0. The van der Waals surface area contributed by atoms with E-state index in [-0.39, 0.29) is 0 Å². The number of carboxylic acid groups (broad SMARTS) is 1. The van der Waals surface area contributed by atoms with E-state index >= 15 is 0 Å². The lowest BCUT2D eigenvalue weighted by atomic mass is 10.1. The Bertz CT molecular complexity index is 512. The number of hydrogen-bond acceptors (Lipinski definition) is 3. The predicted molar refractivity (Wildman–Crippen MR) is 69.3 cm³/mol. The lowest BCUT2D eigenvalue weighted by Crippen LogP contribution is -2.41. The van der Waals surface area contributed by atoms with Gasteiger partial charge in [-0.25, -0.2) is 9.59 Å². The van der Waals surface area contributed by atoms with E-state index in [1.807, 2.05) is 19.9 Å². The lowest BCUT2D eigenvalue weighted by molar-refractivity contribution is -0.141. The summed E-state index contributed by atoms with van der Waals surface area (Å²) in [6.45, 7) is 4.34. The summed E-state index contributed by atoms with van der Waals surface area (Å²) in [4.78, 5) is 24.3. The van der Waals surface area contributed by atoms with Gasteiger partial charge in [0.1, 0.15) is 11.8 Å². The normalized spacial score (nSPS) is 18.4. The first-order valence-electron chi connectivity index (χ1n) is 6.27. The van der Waals surface area contributed by atoms with E-state index in [2.05, 4.69) is 0 Å². The molecule has 0 aliphatic carbocycles. The Balaban J connectivity index is 2.08. The summed E-state index contributed by atoms with van der Waals surface area (Å²) in [7, 11) is 0. The van der Waals surface area contributed by atoms with Crippen molar-refractivity contribution in [1.29, 1.82) is 0 Å². The van der Waals surface area contributed by atoms with Gasteiger partial charge in [0, 0.05) is 6.54 Å². The number of carbonyl (C=O) groups is 2. The maximum Gasteiger partial charge on any atom is 0.415 e. The average molecular weight is 263 g/mol. The van der Waals surface area contributed by atoms with Crippen LogP contribution in [0.25, 0.3) is 0 Å². The van der Waals surface area contributed by atoms with E-state index in [1.54, 1.807) is 12.1 Å². The van der Waals surface area contributed by atoms with Crippen molar-refractivity contribution in [3.05, 3.63) is 29.3 Å². The van der Waals surface area contributed by atoms with Crippen molar-refractivity contribution in [3.8, 4) is 5.75 Å². The molecule has 1 aliphatic heterocycles. The van der Waals surface area contributed by atoms with Crippen molar-refractivity contribution in [1.82, 2.24) is 4.90 Å². The van der Waals surface area contributed by atoms with Crippen molar-refractivity contribution in [2.75, 3.05) is 6.54 Å². The van der Waals surface area contributed by atoms with Crippen molar-refractivity contribution >= 4 is 12.1 Å². The molecular weight excluding hydrogens is 246 g/mol. The number of rotatable bonds is 2. The van der Waals surface area contributed by atoms with E-state index in [0.717, 1.165) is 11.1 Å². The maximum absolute atomic E-state index is 12.0. The highest BCUT2D eigenvalue weighted by molar-refractivity contribution is 5.81. The number of aliphatic carboxylic acids is 1. The number of ether oxygens (including phenoxy) is 1. The van der Waals surface area contributed by atoms with E-state index in [4.69, 9.17) is 9.84 Å². The molecule has 0 spiro atoms. The first kappa shape index (κ1) is 13.4. The Hall–Kier alpha value is -2.04. The number of nitrogens with zero attached hydrogens (tertiary/aromatic N) is 1. The van der Waals surface area contributed by atoms with Crippen molar-refractivity contribution in [3.63, 3.8) is 0 Å². The predicted octanol–water partition coefficient (Wildman–Crippen LogP) is 2.35. The summed E-state index contributed by atoms with van der Waals surface area (Å²) in [5.41, 5.74) is 2.14. The van der Waals surface area contributed by atoms with Crippen molar-refractivity contribution in [2.24, 2.45) is 0 Å². The average Bonchev–Trinajstić information content (AvgIpc) is 2.83. The lowest BCUT2D eigenvalue weighted by Gasteiger charge is -2.20. The van der Waals surface area contributed by atoms with E-state index in [1.165, 1.54) is 4.90 Å². The topological polar surface area (TPSA) is 66.8 Å². The van der Waals surface area contributed by atoms with Gasteiger partial charge in [0.2, 0.25) is 0 Å². The van der Waals surface area contributed by atoms with Gasteiger partial charge in [-0.1, -0.05) is 6.07 Å². The molecule has 19 heavy (non-hydrogen) atoms. The van der Waals surface area contributed by atoms with Crippen LogP contribution in [0.3, 0.4) is 0 Å². The summed E-state index contributed by atoms with van der Waals surface area (Å²) in [5, 5.41) is 9.03. The minimum Gasteiger partial charge on any atom is -0.480 e. The largest absolute Gasteiger partial charge is 0.480 e. The first-order valence-corrected chi connectivity index (χ1v) is 6.27. The zero-order valence-corrected chi connectivity index (χ0v) is 11.0. The summed E-state index contributed by atoms with van der Waals surface area (Å²) < 4.78 is 5.24. The number of likely N-dealkylation sites (tertiary alicyclic amines) is 1. The van der Waals surface area contributed by atoms with Crippen LogP contribution in [0.1, 0.15) is 24.0 Å². The van der Waals surface area contributed by atoms with Gasteiger partial charge in [0.05, 0.1) is 0 Å². The molecule has 1 aliphatic rings. The molecular formula is C14H17NO4. The standard InChI is InChI=1S/C14H17NO4/c1-9-5-6-11(8-10(9)2)19-14(18)15-7-3-4-12(15)13(16)17/h5-6,8,12H,3-4,7H2,1-2H3,(H,16,17). The highest BCUT2D eigenvalue weighted by Crippen LogP contribution is 2.21. The monoisotopic (exact) mass is 263 g/mol. The van der Waals surface area contributed by atoms with Gasteiger partial charge in [-0.15, -0.1) is 0 Å². The van der Waals surface area contributed by atoms with Gasteiger partial charge in [0.25, 0.3) is 0 Å². The van der Waals surface area contributed by atoms with Gasteiger partial charge in [-0.2, -0.15) is 0 Å². The minimum absolute atomic E-state index is 0.431. The molecule has 1 aromatic rings. The van der Waals surface area contributed by atoms with E-state index in [9.17, 15) is 9.59 Å². The van der Waals surface area contributed by atoms with Crippen LogP contribution >= 0.6 is 0 Å². The van der Waals surface area contributed by atoms with Crippen molar-refractivity contribution in [2.45, 2.75) is 32.7 Å². The smallest absolute Gasteiger partial charge is 0.415 e. The zero-order chi connectivity index (χ0) is 14.0. The molecule has 1 saturated heterocycles. The van der Waals surface area contributed by atoms with Crippen LogP contribution in [0.15, 0.2) is 18.2 Å². The molecule has 102 valence electrons. The Labute approximate surface area is 111 Å². The second-order valence-corrected chi connectivity index (χ2v) is 4.80. The van der Waals surface area contributed by atoms with E-state index in [0.29, 0.717) is 25.1 Å². The summed E-state index contributed by atoms with van der Waals surface area (Å²) in [6, 6.07) is 4.60. The minimum atomic E-state index is -0.977. The molecule has 1 unspecified atom stereocenters. The molecule has 0 aromatic heterocycles. The van der Waals surface area contributed by atoms with Crippen LogP contribution in [-0.2, 0) is 4.79 Å². The molecule has 0 radical (unpaired) electrons. The Kier molecular flexibility index (Phi) is 3.74. The van der Waals surface area contributed by atoms with Crippen LogP contribution in [0, 0.1) is 13.8 Å². The highest BCUT2D eigenvalue weighted by atomic mass is 16.6. The Morgan fingerprint density at radius 3 is 2.68 bits per heavy atom. The second-order valence-electron chi connectivity index (χ2n) is 4.80. The molecule has 0 bridgehead atoms. The molecule has 2 rings (SSSR count). The van der Waals surface area contributed by atoms with Crippen LogP contribution < -0.4 is 4.74 Å². The van der Waals surface area contributed by atoms with E-state index < -0.39 is 18.1 Å². The molecule has 1 heterocycles. The third-order valence-corrected chi connectivity index (χ3v) is 3.46. The number of carboxylic acids is 1. The maximum atomic E-state index is 12.0. The number of aryl methyl sites for hydroxylation is 2. The quantitative estimate of drug-likeness (QED) is 0.889. The summed E-state index contributed by atoms with van der Waals surface area (Å²) >= 11 is 0. The number of benzene rings is 1. The third kappa shape index (κ3) is 2.86. The van der Waals surface area contributed by atoms with Crippen LogP contribution in [-0.4, -0.2) is 34.7 Å². The fourth-order valence-electron chi connectivity index (χ4n) is 2.18. The second kappa shape index (κ2) is 5.30. The summed E-state index contributed by atoms with van der Waals surface area (Å²) in [5.74, 6) is -0.529. The fourth-order valence-corrected chi connectivity index (χ4v) is 2.18. The van der Waals surface area contributed by atoms with Crippen LogP contribution in [0.2, 0.25) is 0 Å². The highest BCUT2D eigenvalue weighted by Gasteiger charge is 2.35. The van der Waals surface area contributed by atoms with Crippen molar-refractivity contribution < 1.29 is 19.4 Å². The molecule has 1 fully saturated rings. The van der Waals surface area contributed by atoms with Crippen LogP contribution in [0.5, 0.6) is 5.75 Å². The number of amides is 1. The third-order valence-electron chi connectivity index (χ3n) is 3.46. The van der Waals surface area contributed by atoms with Gasteiger partial charge in [0.15, 0.2) is 0 Å².